The van der Waals surface area contributed by atoms with Crippen molar-refractivity contribution in [2.24, 2.45) is 0 Å². The van der Waals surface area contributed by atoms with E-state index >= 15 is 0 Å². The van der Waals surface area contributed by atoms with Crippen molar-refractivity contribution in [2.75, 3.05) is 20.2 Å². The molecule has 2 heterocycles. The minimum Gasteiger partial charge on any atom is -0.497 e. The second kappa shape index (κ2) is 7.99. The summed E-state index contributed by atoms with van der Waals surface area (Å²) in [5.41, 5.74) is 0.395. The van der Waals surface area contributed by atoms with Crippen molar-refractivity contribution in [3.05, 3.63) is 29.8 Å². The molecule has 154 valence electrons. The third-order valence-electron chi connectivity index (χ3n) is 5.23. The number of ether oxygens (including phenoxy) is 2. The Morgan fingerprint density at radius 1 is 1.14 bits per heavy atom. The van der Waals surface area contributed by atoms with Crippen molar-refractivity contribution in [3.63, 3.8) is 0 Å². The van der Waals surface area contributed by atoms with Gasteiger partial charge in [-0.1, -0.05) is 12.1 Å². The van der Waals surface area contributed by atoms with Gasteiger partial charge in [0.25, 0.3) is 0 Å². The number of carbonyl (C=O) groups excluding carboxylic acids is 2. The van der Waals surface area contributed by atoms with Gasteiger partial charge in [0.05, 0.1) is 25.8 Å². The first kappa shape index (κ1) is 20.5. The van der Waals surface area contributed by atoms with Crippen LogP contribution in [-0.2, 0) is 9.53 Å². The zero-order chi connectivity index (χ0) is 20.5. The van der Waals surface area contributed by atoms with E-state index in [1.54, 1.807) is 27.9 Å². The molecule has 0 radical (unpaired) electrons. The van der Waals surface area contributed by atoms with Gasteiger partial charge in [-0.25, -0.2) is 4.79 Å². The van der Waals surface area contributed by atoms with E-state index in [9.17, 15) is 14.7 Å². The molecule has 0 unspecified atom stereocenters. The maximum atomic E-state index is 13.3. The van der Waals surface area contributed by atoms with Gasteiger partial charge in [0.1, 0.15) is 17.4 Å². The predicted octanol–water partition coefficient (Wildman–Crippen LogP) is 2.73. The number of carbonyl (C=O) groups is 2. The molecule has 3 rings (SSSR count). The van der Waals surface area contributed by atoms with Crippen LogP contribution >= 0.6 is 0 Å². The van der Waals surface area contributed by atoms with Gasteiger partial charge in [0.15, 0.2) is 0 Å². The van der Waals surface area contributed by atoms with Crippen molar-refractivity contribution < 1.29 is 24.2 Å². The molecule has 1 N–H and O–H groups in total. The molecule has 0 spiro atoms. The third-order valence-corrected chi connectivity index (χ3v) is 5.23. The van der Waals surface area contributed by atoms with Gasteiger partial charge < -0.3 is 19.5 Å². The SMILES string of the molecule is COc1ccc([C@@H]2CCCN2C(=O)[C@@H]2C[C@H](O)CN2C(=O)OC(C)(C)C)cc1. The molecule has 2 fully saturated rings. The summed E-state index contributed by atoms with van der Waals surface area (Å²) in [5, 5.41) is 10.1. The molecular formula is C21H30N2O5. The average Bonchev–Trinajstić information content (AvgIpc) is 3.26. The maximum absolute atomic E-state index is 13.3. The highest BCUT2D eigenvalue weighted by atomic mass is 16.6. The summed E-state index contributed by atoms with van der Waals surface area (Å²) in [4.78, 5) is 29.1. The van der Waals surface area contributed by atoms with E-state index in [0.717, 1.165) is 24.2 Å². The van der Waals surface area contributed by atoms with Crippen LogP contribution in [0.25, 0.3) is 0 Å². The average molecular weight is 390 g/mol. The van der Waals surface area contributed by atoms with Crippen LogP contribution < -0.4 is 4.74 Å². The van der Waals surface area contributed by atoms with Gasteiger partial charge in [-0.15, -0.1) is 0 Å². The fourth-order valence-corrected chi connectivity index (χ4v) is 3.96. The first-order valence-electron chi connectivity index (χ1n) is 9.81. The topological polar surface area (TPSA) is 79.3 Å². The Kier molecular flexibility index (Phi) is 5.84. The Morgan fingerprint density at radius 2 is 1.82 bits per heavy atom. The van der Waals surface area contributed by atoms with E-state index in [1.165, 1.54) is 4.90 Å². The van der Waals surface area contributed by atoms with E-state index < -0.39 is 23.8 Å². The van der Waals surface area contributed by atoms with Crippen LogP contribution in [0, 0.1) is 0 Å². The van der Waals surface area contributed by atoms with Crippen molar-refractivity contribution in [1.82, 2.24) is 9.80 Å². The maximum Gasteiger partial charge on any atom is 0.411 e. The second-order valence-corrected chi connectivity index (χ2v) is 8.50. The molecule has 0 saturated carbocycles. The van der Waals surface area contributed by atoms with Crippen molar-refractivity contribution in [1.29, 1.82) is 0 Å². The van der Waals surface area contributed by atoms with Gasteiger partial charge in [0, 0.05) is 13.0 Å². The van der Waals surface area contributed by atoms with Crippen LogP contribution in [0.3, 0.4) is 0 Å². The number of nitrogens with zero attached hydrogens (tertiary/aromatic N) is 2. The first-order chi connectivity index (χ1) is 13.2. The lowest BCUT2D eigenvalue weighted by molar-refractivity contribution is -0.137. The normalized spacial score (nSPS) is 25.1. The second-order valence-electron chi connectivity index (χ2n) is 8.50. The molecule has 7 nitrogen and oxygen atoms in total. The Balaban J connectivity index is 1.77. The fourth-order valence-electron chi connectivity index (χ4n) is 3.96. The number of benzene rings is 1. The molecule has 2 amide bonds. The van der Waals surface area contributed by atoms with Gasteiger partial charge in [-0.2, -0.15) is 0 Å². The predicted molar refractivity (Wildman–Crippen MR) is 104 cm³/mol. The summed E-state index contributed by atoms with van der Waals surface area (Å²) in [6, 6.07) is 7.01. The zero-order valence-corrected chi connectivity index (χ0v) is 17.1. The highest BCUT2D eigenvalue weighted by Gasteiger charge is 2.44. The fraction of sp³-hybridized carbons (Fsp3) is 0.619. The van der Waals surface area contributed by atoms with Crippen molar-refractivity contribution in [2.45, 2.75) is 63.8 Å². The van der Waals surface area contributed by atoms with E-state index in [1.807, 2.05) is 29.2 Å². The van der Waals surface area contributed by atoms with Gasteiger partial charge in [-0.3, -0.25) is 9.69 Å². The summed E-state index contributed by atoms with van der Waals surface area (Å²) in [6.07, 6.45) is 0.750. The molecule has 1 aromatic rings. The van der Waals surface area contributed by atoms with Gasteiger partial charge in [-0.05, 0) is 51.3 Å². The molecule has 3 atom stereocenters. The summed E-state index contributed by atoms with van der Waals surface area (Å²) >= 11 is 0. The van der Waals surface area contributed by atoms with E-state index in [4.69, 9.17) is 9.47 Å². The molecule has 2 saturated heterocycles. The third kappa shape index (κ3) is 4.41. The number of aliphatic hydroxyl groups is 1. The number of rotatable bonds is 3. The van der Waals surface area contributed by atoms with E-state index in [-0.39, 0.29) is 24.9 Å². The minimum absolute atomic E-state index is 0.0309. The number of β-amino-alcohol motifs (C(OH)–C–C–N with tert-alkyl or cyclic N) is 1. The smallest absolute Gasteiger partial charge is 0.411 e. The molecular weight excluding hydrogens is 360 g/mol. The van der Waals surface area contributed by atoms with Crippen LogP contribution in [0.15, 0.2) is 24.3 Å². The van der Waals surface area contributed by atoms with Crippen molar-refractivity contribution >= 4 is 12.0 Å². The number of hydrogen-bond acceptors (Lipinski definition) is 5. The van der Waals surface area contributed by atoms with Crippen LogP contribution in [0.5, 0.6) is 5.75 Å². The number of amides is 2. The minimum atomic E-state index is -0.719. The van der Waals surface area contributed by atoms with E-state index in [0.29, 0.717) is 6.54 Å². The summed E-state index contributed by atoms with van der Waals surface area (Å²) < 4.78 is 10.7. The lowest BCUT2D eigenvalue weighted by Gasteiger charge is -2.32. The van der Waals surface area contributed by atoms with Crippen LogP contribution in [0.2, 0.25) is 0 Å². The molecule has 2 aliphatic rings. The number of methoxy groups -OCH3 is 1. The molecule has 7 heteroatoms. The lowest BCUT2D eigenvalue weighted by atomic mass is 10.0. The van der Waals surface area contributed by atoms with Crippen LogP contribution in [0.1, 0.15) is 51.6 Å². The molecule has 0 aliphatic carbocycles. The molecule has 28 heavy (non-hydrogen) atoms. The van der Waals surface area contributed by atoms with Crippen LogP contribution in [-0.4, -0.2) is 64.9 Å². The Bertz CT molecular complexity index is 713. The van der Waals surface area contributed by atoms with Crippen LogP contribution in [0.4, 0.5) is 4.79 Å². The quantitative estimate of drug-likeness (QED) is 0.858. The van der Waals surface area contributed by atoms with Gasteiger partial charge in [0.2, 0.25) is 5.91 Å². The Morgan fingerprint density at radius 3 is 2.43 bits per heavy atom. The largest absolute Gasteiger partial charge is 0.497 e. The summed E-state index contributed by atoms with van der Waals surface area (Å²) in [6.45, 7) is 6.12. The zero-order valence-electron chi connectivity index (χ0n) is 17.1. The Hall–Kier alpha value is -2.28. The molecule has 0 aromatic heterocycles. The number of hydrogen-bond donors (Lipinski definition) is 1. The number of likely N-dealkylation sites (tertiary alicyclic amines) is 2. The highest BCUT2D eigenvalue weighted by Crippen LogP contribution is 2.35. The van der Waals surface area contributed by atoms with E-state index in [2.05, 4.69) is 0 Å². The molecule has 1 aromatic carbocycles. The molecule has 2 aliphatic heterocycles. The monoisotopic (exact) mass is 390 g/mol. The van der Waals surface area contributed by atoms with Gasteiger partial charge >= 0.3 is 6.09 Å². The Labute approximate surface area is 166 Å². The summed E-state index contributed by atoms with van der Waals surface area (Å²) in [7, 11) is 1.62. The number of aliphatic hydroxyl groups excluding tert-OH is 1. The van der Waals surface area contributed by atoms with Crippen molar-refractivity contribution in [3.8, 4) is 5.75 Å². The lowest BCUT2D eigenvalue weighted by Crippen LogP contribution is -2.48. The molecule has 0 bridgehead atoms. The first-order valence-corrected chi connectivity index (χ1v) is 9.81. The standard InChI is InChI=1S/C21H30N2O5/c1-21(2,3)28-20(26)23-13-15(24)12-18(23)19(25)22-11-5-6-17(22)14-7-9-16(27-4)10-8-14/h7-10,15,17-18,24H,5-6,11-13H2,1-4H3/t15-,17-,18-/m0/s1. The highest BCUT2D eigenvalue weighted by molar-refractivity contribution is 5.87. The summed E-state index contributed by atoms with van der Waals surface area (Å²) in [5.74, 6) is 0.648.